The highest BCUT2D eigenvalue weighted by molar-refractivity contribution is 7.90. The van der Waals surface area contributed by atoms with Crippen LogP contribution < -0.4 is 5.32 Å². The molecule has 7 heteroatoms. The maximum absolute atomic E-state index is 12.1. The Morgan fingerprint density at radius 1 is 1.04 bits per heavy atom. The zero-order valence-corrected chi connectivity index (χ0v) is 14.2. The quantitative estimate of drug-likeness (QED) is 0.920. The van der Waals surface area contributed by atoms with E-state index in [9.17, 15) is 13.2 Å². The molecule has 2 aromatic rings. The van der Waals surface area contributed by atoms with Gasteiger partial charge in [-0.25, -0.2) is 8.42 Å². The second-order valence-electron chi connectivity index (χ2n) is 6.08. The minimum atomic E-state index is -3.35. The Bertz CT molecular complexity index is 824. The minimum Gasteiger partial charge on any atom is -0.326 e. The molecule has 1 N–H and O–H groups in total. The average molecular weight is 345 g/mol. The predicted molar refractivity (Wildman–Crippen MR) is 91.2 cm³/mol. The van der Waals surface area contributed by atoms with Crippen molar-refractivity contribution in [3.63, 3.8) is 0 Å². The molecule has 0 atom stereocenters. The Morgan fingerprint density at radius 3 is 2.25 bits per heavy atom. The van der Waals surface area contributed by atoms with Gasteiger partial charge in [-0.05, 0) is 37.1 Å². The highest BCUT2D eigenvalue weighted by atomic mass is 32.2. The molecule has 1 saturated carbocycles. The molecule has 126 valence electrons. The number of carbonyl (C=O) groups is 1. The Labute approximate surface area is 141 Å². The Kier molecular flexibility index (Phi) is 4.62. The lowest BCUT2D eigenvalue weighted by Gasteiger charge is -2.10. The third-order valence-electron chi connectivity index (χ3n) is 4.19. The van der Waals surface area contributed by atoms with Gasteiger partial charge >= 0.3 is 0 Å². The van der Waals surface area contributed by atoms with Crippen molar-refractivity contribution in [2.75, 3.05) is 11.6 Å². The first-order valence-electron chi connectivity index (χ1n) is 7.88. The second kappa shape index (κ2) is 6.68. The number of hydrogen-bond donors (Lipinski definition) is 1. The zero-order chi connectivity index (χ0) is 17.2. The van der Waals surface area contributed by atoms with Gasteiger partial charge in [-0.15, -0.1) is 10.2 Å². The summed E-state index contributed by atoms with van der Waals surface area (Å²) < 4.78 is 22.8. The molecule has 6 nitrogen and oxygen atoms in total. The van der Waals surface area contributed by atoms with Gasteiger partial charge in [0, 0.05) is 23.4 Å². The first-order valence-corrected chi connectivity index (χ1v) is 9.78. The van der Waals surface area contributed by atoms with Gasteiger partial charge in [-0.1, -0.05) is 25.0 Å². The predicted octanol–water partition coefficient (Wildman–Crippen LogP) is 2.68. The number of benzene rings is 1. The number of anilines is 1. The fraction of sp³-hybridized carbons (Fsp3) is 0.353. The van der Waals surface area contributed by atoms with E-state index in [0.29, 0.717) is 5.69 Å². The molecule has 0 saturated heterocycles. The van der Waals surface area contributed by atoms with E-state index in [1.807, 2.05) is 24.3 Å². The van der Waals surface area contributed by atoms with Crippen LogP contribution in [0.1, 0.15) is 25.7 Å². The average Bonchev–Trinajstić information content (AvgIpc) is 3.09. The number of rotatable bonds is 4. The van der Waals surface area contributed by atoms with Crippen LogP contribution in [0.25, 0.3) is 11.3 Å². The maximum Gasteiger partial charge on any atom is 0.227 e. The monoisotopic (exact) mass is 345 g/mol. The summed E-state index contributed by atoms with van der Waals surface area (Å²) in [7, 11) is -3.35. The molecular formula is C17H19N3O3S. The number of sulfone groups is 1. The number of aromatic nitrogens is 2. The summed E-state index contributed by atoms with van der Waals surface area (Å²) in [6.07, 6.45) is 5.27. The molecule has 1 aromatic carbocycles. The summed E-state index contributed by atoms with van der Waals surface area (Å²) in [5, 5.41) is 10.6. The number of nitrogens with zero attached hydrogens (tertiary/aromatic N) is 2. The van der Waals surface area contributed by atoms with Gasteiger partial charge < -0.3 is 5.32 Å². The lowest BCUT2D eigenvalue weighted by Crippen LogP contribution is -2.20. The van der Waals surface area contributed by atoms with E-state index in [1.54, 1.807) is 6.07 Å². The molecule has 1 aromatic heterocycles. The van der Waals surface area contributed by atoms with E-state index in [2.05, 4.69) is 15.5 Å². The zero-order valence-electron chi connectivity index (χ0n) is 13.4. The number of carbonyl (C=O) groups excluding carboxylic acids is 1. The van der Waals surface area contributed by atoms with E-state index < -0.39 is 9.84 Å². The first kappa shape index (κ1) is 16.6. The van der Waals surface area contributed by atoms with E-state index >= 15 is 0 Å². The van der Waals surface area contributed by atoms with Crippen molar-refractivity contribution in [3.8, 4) is 11.3 Å². The molecular weight excluding hydrogens is 326 g/mol. The van der Waals surface area contributed by atoms with Crippen molar-refractivity contribution in [3.05, 3.63) is 36.4 Å². The van der Waals surface area contributed by atoms with Crippen LogP contribution in [0.15, 0.2) is 41.4 Å². The summed E-state index contributed by atoms with van der Waals surface area (Å²) in [5.41, 5.74) is 2.13. The fourth-order valence-electron chi connectivity index (χ4n) is 2.83. The van der Waals surface area contributed by atoms with Gasteiger partial charge in [0.15, 0.2) is 14.9 Å². The van der Waals surface area contributed by atoms with Crippen molar-refractivity contribution in [1.29, 1.82) is 0 Å². The molecule has 1 heterocycles. The van der Waals surface area contributed by atoms with Crippen LogP contribution in [-0.2, 0) is 14.6 Å². The SMILES string of the molecule is CS(=O)(=O)c1ccc(-c2ccc(NC(=O)C3CCCC3)cc2)nn1. The molecule has 0 unspecified atom stereocenters. The Hall–Kier alpha value is -2.28. The molecule has 0 aliphatic heterocycles. The fourth-order valence-corrected chi connectivity index (χ4v) is 3.33. The Balaban J connectivity index is 1.71. The van der Waals surface area contributed by atoms with Crippen molar-refractivity contribution in [2.24, 2.45) is 5.92 Å². The van der Waals surface area contributed by atoms with Gasteiger partial charge in [0.2, 0.25) is 5.91 Å². The van der Waals surface area contributed by atoms with Crippen molar-refractivity contribution >= 4 is 21.4 Å². The third-order valence-corrected chi connectivity index (χ3v) is 5.17. The lowest BCUT2D eigenvalue weighted by molar-refractivity contribution is -0.119. The van der Waals surface area contributed by atoms with Crippen LogP contribution >= 0.6 is 0 Å². The molecule has 0 spiro atoms. The van der Waals surface area contributed by atoms with Crippen molar-refractivity contribution in [2.45, 2.75) is 30.7 Å². The normalized spacial score (nSPS) is 15.4. The summed E-state index contributed by atoms with van der Waals surface area (Å²) in [4.78, 5) is 12.1. The van der Waals surface area contributed by atoms with E-state index in [1.165, 1.54) is 6.07 Å². The summed E-state index contributed by atoms with van der Waals surface area (Å²) in [5.74, 6) is 0.205. The van der Waals surface area contributed by atoms with E-state index in [4.69, 9.17) is 0 Å². The molecule has 0 radical (unpaired) electrons. The number of amides is 1. The van der Waals surface area contributed by atoms with Gasteiger partial charge in [-0.2, -0.15) is 0 Å². The summed E-state index contributed by atoms with van der Waals surface area (Å²) in [6.45, 7) is 0. The first-order chi connectivity index (χ1) is 11.4. The molecule has 1 aliphatic carbocycles. The smallest absolute Gasteiger partial charge is 0.227 e. The van der Waals surface area contributed by atoms with E-state index in [-0.39, 0.29) is 16.9 Å². The summed E-state index contributed by atoms with van der Waals surface area (Å²) in [6, 6.07) is 10.3. The largest absolute Gasteiger partial charge is 0.326 e. The van der Waals surface area contributed by atoms with Crippen LogP contribution in [0.5, 0.6) is 0 Å². The molecule has 1 fully saturated rings. The van der Waals surface area contributed by atoms with Crippen LogP contribution in [0.2, 0.25) is 0 Å². The van der Waals surface area contributed by atoms with Crippen LogP contribution in [-0.4, -0.2) is 30.8 Å². The third kappa shape index (κ3) is 3.79. The Morgan fingerprint density at radius 2 is 1.71 bits per heavy atom. The van der Waals surface area contributed by atoms with Gasteiger partial charge in [0.1, 0.15) is 0 Å². The molecule has 24 heavy (non-hydrogen) atoms. The highest BCUT2D eigenvalue weighted by Gasteiger charge is 2.22. The molecule has 1 amide bonds. The molecule has 0 bridgehead atoms. The standard InChI is InChI=1S/C17H19N3O3S/c1-24(22,23)16-11-10-15(19-20-16)12-6-8-14(9-7-12)18-17(21)13-4-2-3-5-13/h6-11,13H,2-5H2,1H3,(H,18,21). The summed E-state index contributed by atoms with van der Waals surface area (Å²) >= 11 is 0. The van der Waals surface area contributed by atoms with Crippen LogP contribution in [0.4, 0.5) is 5.69 Å². The lowest BCUT2D eigenvalue weighted by atomic mass is 10.1. The maximum atomic E-state index is 12.1. The van der Waals surface area contributed by atoms with E-state index in [0.717, 1.165) is 43.2 Å². The van der Waals surface area contributed by atoms with Crippen LogP contribution in [0.3, 0.4) is 0 Å². The van der Waals surface area contributed by atoms with Gasteiger partial charge in [0.05, 0.1) is 5.69 Å². The van der Waals surface area contributed by atoms with Crippen LogP contribution in [0, 0.1) is 5.92 Å². The van der Waals surface area contributed by atoms with Gasteiger partial charge in [-0.3, -0.25) is 4.79 Å². The molecule has 3 rings (SSSR count). The van der Waals surface area contributed by atoms with Crippen molar-refractivity contribution in [1.82, 2.24) is 10.2 Å². The van der Waals surface area contributed by atoms with Crippen molar-refractivity contribution < 1.29 is 13.2 Å². The topological polar surface area (TPSA) is 89.0 Å². The molecule has 1 aliphatic rings. The number of hydrogen-bond acceptors (Lipinski definition) is 5. The minimum absolute atomic E-state index is 0.0494. The highest BCUT2D eigenvalue weighted by Crippen LogP contribution is 2.26. The number of nitrogens with one attached hydrogen (secondary N) is 1. The van der Waals surface area contributed by atoms with Gasteiger partial charge in [0.25, 0.3) is 0 Å². The second-order valence-corrected chi connectivity index (χ2v) is 8.04.